The average molecular weight is 450 g/mol. The van der Waals surface area contributed by atoms with Gasteiger partial charge in [-0.1, -0.05) is 41.4 Å². The molecule has 1 saturated heterocycles. The van der Waals surface area contributed by atoms with Crippen molar-refractivity contribution in [1.29, 1.82) is 5.26 Å². The van der Waals surface area contributed by atoms with Crippen LogP contribution in [0.1, 0.15) is 11.6 Å². The lowest BCUT2D eigenvalue weighted by molar-refractivity contribution is -0.130. The summed E-state index contributed by atoms with van der Waals surface area (Å²) in [7, 11) is 1.62. The number of ether oxygens (including phenoxy) is 1. The zero-order valence-electron chi connectivity index (χ0n) is 16.0. The number of nitrogens with zero attached hydrogens (tertiary/aromatic N) is 3. The number of carbonyl (C=O) groups excluding carboxylic acids is 1. The SMILES string of the molecule is COc1ccc(C(C#N)N2CCN(C(=O)CSc3c(Cl)cccc3Cl)CC2)cc1. The largest absolute Gasteiger partial charge is 0.497 e. The van der Waals surface area contributed by atoms with Gasteiger partial charge in [-0.05, 0) is 29.8 Å². The van der Waals surface area contributed by atoms with Crippen molar-refractivity contribution >= 4 is 40.9 Å². The molecular weight excluding hydrogens is 429 g/mol. The van der Waals surface area contributed by atoms with Crippen molar-refractivity contribution in [2.24, 2.45) is 0 Å². The molecule has 8 heteroatoms. The summed E-state index contributed by atoms with van der Waals surface area (Å²) in [6.07, 6.45) is 0. The summed E-state index contributed by atoms with van der Waals surface area (Å²) in [5.74, 6) is 1.09. The van der Waals surface area contributed by atoms with E-state index in [-0.39, 0.29) is 17.7 Å². The Kier molecular flexibility index (Phi) is 7.68. The molecule has 3 rings (SSSR count). The maximum atomic E-state index is 12.6. The highest BCUT2D eigenvalue weighted by molar-refractivity contribution is 8.00. The van der Waals surface area contributed by atoms with Gasteiger partial charge in [-0.3, -0.25) is 9.69 Å². The van der Waals surface area contributed by atoms with Crippen molar-refractivity contribution in [3.8, 4) is 11.8 Å². The van der Waals surface area contributed by atoms with Crippen LogP contribution in [0.2, 0.25) is 10.0 Å². The van der Waals surface area contributed by atoms with Crippen LogP contribution < -0.4 is 4.74 Å². The van der Waals surface area contributed by atoms with Crippen molar-refractivity contribution in [1.82, 2.24) is 9.80 Å². The fourth-order valence-electron chi connectivity index (χ4n) is 3.23. The molecule has 0 bridgehead atoms. The van der Waals surface area contributed by atoms with Crippen LogP contribution in [0.3, 0.4) is 0 Å². The van der Waals surface area contributed by atoms with Crippen molar-refractivity contribution in [2.75, 3.05) is 39.0 Å². The van der Waals surface area contributed by atoms with Crippen LogP contribution in [-0.2, 0) is 4.79 Å². The molecule has 1 atom stereocenters. The summed E-state index contributed by atoms with van der Waals surface area (Å²) in [6, 6.07) is 14.9. The molecule has 0 spiro atoms. The Bertz CT molecular complexity index is 874. The number of methoxy groups -OCH3 is 1. The summed E-state index contributed by atoms with van der Waals surface area (Å²) < 4.78 is 5.18. The first-order valence-corrected chi connectivity index (χ1v) is 10.9. The van der Waals surface area contributed by atoms with Crippen LogP contribution in [0.4, 0.5) is 0 Å². The number of benzene rings is 2. The van der Waals surface area contributed by atoms with E-state index in [0.717, 1.165) is 16.2 Å². The van der Waals surface area contributed by atoms with E-state index in [1.165, 1.54) is 11.8 Å². The molecule has 152 valence electrons. The lowest BCUT2D eigenvalue weighted by Crippen LogP contribution is -2.50. The normalized spacial score (nSPS) is 15.6. The lowest BCUT2D eigenvalue weighted by atomic mass is 10.1. The van der Waals surface area contributed by atoms with Crippen molar-refractivity contribution < 1.29 is 9.53 Å². The van der Waals surface area contributed by atoms with E-state index in [1.807, 2.05) is 29.2 Å². The Morgan fingerprint density at radius 2 is 1.76 bits per heavy atom. The molecule has 1 aliphatic rings. The highest BCUT2D eigenvalue weighted by Gasteiger charge is 2.27. The van der Waals surface area contributed by atoms with E-state index in [1.54, 1.807) is 25.3 Å². The molecular formula is C21H21Cl2N3O2S. The second kappa shape index (κ2) is 10.2. The van der Waals surface area contributed by atoms with Gasteiger partial charge in [-0.25, -0.2) is 0 Å². The Morgan fingerprint density at radius 3 is 2.31 bits per heavy atom. The summed E-state index contributed by atoms with van der Waals surface area (Å²) in [4.78, 5) is 17.3. The third-order valence-corrected chi connectivity index (χ3v) is 6.82. The van der Waals surface area contributed by atoms with Gasteiger partial charge in [-0.15, -0.1) is 11.8 Å². The van der Waals surface area contributed by atoms with Gasteiger partial charge < -0.3 is 9.64 Å². The van der Waals surface area contributed by atoms with Gasteiger partial charge in [0.05, 0.1) is 29.0 Å². The fraction of sp³-hybridized carbons (Fsp3) is 0.333. The minimum atomic E-state index is -0.338. The zero-order valence-corrected chi connectivity index (χ0v) is 18.3. The van der Waals surface area contributed by atoms with E-state index in [2.05, 4.69) is 11.0 Å². The number of carbonyl (C=O) groups is 1. The minimum Gasteiger partial charge on any atom is -0.497 e. The van der Waals surface area contributed by atoms with Gasteiger partial charge in [0.15, 0.2) is 0 Å². The molecule has 29 heavy (non-hydrogen) atoms. The summed E-state index contributed by atoms with van der Waals surface area (Å²) >= 11 is 13.7. The topological polar surface area (TPSA) is 56.6 Å². The monoisotopic (exact) mass is 449 g/mol. The lowest BCUT2D eigenvalue weighted by Gasteiger charge is -2.37. The standard InChI is InChI=1S/C21H21Cl2N3O2S/c1-28-16-7-5-15(6-8-16)19(13-24)25-9-11-26(12-10-25)20(27)14-29-21-17(22)3-2-4-18(21)23/h2-8,19H,9-12,14H2,1H3. The number of thioether (sulfide) groups is 1. The van der Waals surface area contributed by atoms with Gasteiger partial charge in [0.2, 0.25) is 5.91 Å². The van der Waals surface area contributed by atoms with E-state index in [0.29, 0.717) is 36.2 Å². The van der Waals surface area contributed by atoms with Gasteiger partial charge in [-0.2, -0.15) is 5.26 Å². The number of piperazine rings is 1. The molecule has 1 amide bonds. The van der Waals surface area contributed by atoms with E-state index in [9.17, 15) is 10.1 Å². The Balaban J connectivity index is 1.55. The van der Waals surface area contributed by atoms with E-state index < -0.39 is 0 Å². The molecule has 2 aromatic rings. The molecule has 0 aliphatic carbocycles. The van der Waals surface area contributed by atoms with Crippen molar-refractivity contribution in [2.45, 2.75) is 10.9 Å². The molecule has 2 aromatic carbocycles. The van der Waals surface area contributed by atoms with Gasteiger partial charge >= 0.3 is 0 Å². The second-order valence-electron chi connectivity index (χ2n) is 6.56. The smallest absolute Gasteiger partial charge is 0.233 e. The first-order chi connectivity index (χ1) is 14.0. The molecule has 5 nitrogen and oxygen atoms in total. The molecule has 1 heterocycles. The molecule has 0 N–H and O–H groups in total. The van der Waals surface area contributed by atoms with Gasteiger partial charge in [0.25, 0.3) is 0 Å². The number of halogens is 2. The highest BCUT2D eigenvalue weighted by Crippen LogP contribution is 2.34. The predicted molar refractivity (Wildman–Crippen MR) is 117 cm³/mol. The average Bonchev–Trinajstić information content (AvgIpc) is 2.75. The Morgan fingerprint density at radius 1 is 1.14 bits per heavy atom. The van der Waals surface area contributed by atoms with Crippen LogP contribution in [0.5, 0.6) is 5.75 Å². The van der Waals surface area contributed by atoms with Crippen LogP contribution in [-0.4, -0.2) is 54.7 Å². The molecule has 1 fully saturated rings. The highest BCUT2D eigenvalue weighted by atomic mass is 35.5. The van der Waals surface area contributed by atoms with Crippen LogP contribution >= 0.6 is 35.0 Å². The van der Waals surface area contributed by atoms with Gasteiger partial charge in [0, 0.05) is 31.1 Å². The Labute approximate surface area is 185 Å². The van der Waals surface area contributed by atoms with Crippen molar-refractivity contribution in [3.63, 3.8) is 0 Å². The van der Waals surface area contributed by atoms with Gasteiger partial charge in [0.1, 0.15) is 11.8 Å². The van der Waals surface area contributed by atoms with Crippen LogP contribution in [0.25, 0.3) is 0 Å². The molecule has 1 aliphatic heterocycles. The quantitative estimate of drug-likeness (QED) is 0.607. The maximum Gasteiger partial charge on any atom is 0.233 e. The van der Waals surface area contributed by atoms with E-state index >= 15 is 0 Å². The second-order valence-corrected chi connectivity index (χ2v) is 8.36. The first kappa shape index (κ1) is 21.8. The van der Waals surface area contributed by atoms with Crippen LogP contribution in [0, 0.1) is 11.3 Å². The number of hydrogen-bond donors (Lipinski definition) is 0. The maximum absolute atomic E-state index is 12.6. The molecule has 1 unspecified atom stereocenters. The number of amides is 1. The zero-order chi connectivity index (χ0) is 20.8. The summed E-state index contributed by atoms with van der Waals surface area (Å²) in [5.41, 5.74) is 0.928. The summed E-state index contributed by atoms with van der Waals surface area (Å²) in [5, 5.41) is 10.8. The van der Waals surface area contributed by atoms with Crippen molar-refractivity contribution in [3.05, 3.63) is 58.1 Å². The third-order valence-electron chi connectivity index (χ3n) is 4.84. The molecule has 0 aromatic heterocycles. The third kappa shape index (κ3) is 5.37. The number of nitriles is 1. The number of rotatable bonds is 6. The fourth-order valence-corrected chi connectivity index (χ4v) is 4.82. The minimum absolute atomic E-state index is 0.0450. The predicted octanol–water partition coefficient (Wildman–Crippen LogP) is 4.50. The Hall–Kier alpha value is -1.91. The van der Waals surface area contributed by atoms with E-state index in [4.69, 9.17) is 27.9 Å². The summed E-state index contributed by atoms with van der Waals surface area (Å²) in [6.45, 7) is 2.47. The number of hydrogen-bond acceptors (Lipinski definition) is 5. The molecule has 0 saturated carbocycles. The molecule has 0 radical (unpaired) electrons. The first-order valence-electron chi connectivity index (χ1n) is 9.15. The van der Waals surface area contributed by atoms with Crippen LogP contribution in [0.15, 0.2) is 47.4 Å².